The lowest BCUT2D eigenvalue weighted by Gasteiger charge is -2.18. The first-order valence-electron chi connectivity index (χ1n) is 2.93. The molecule has 2 aliphatic carbocycles. The Morgan fingerprint density at radius 3 is 2.10 bits per heavy atom. The highest BCUT2D eigenvalue weighted by Crippen LogP contribution is 2.39. The van der Waals surface area contributed by atoms with Gasteiger partial charge in [-0.05, 0) is 11.6 Å². The highest BCUT2D eigenvalue weighted by Gasteiger charge is 2.23. The van der Waals surface area contributed by atoms with E-state index in [1.54, 1.807) is 6.07 Å². The van der Waals surface area contributed by atoms with Gasteiger partial charge < -0.3 is 0 Å². The highest BCUT2D eigenvalue weighted by atomic mass is 32.2. The van der Waals surface area contributed by atoms with E-state index >= 15 is 0 Å². The molecular weight excluding hydrogens is 148 g/mol. The zero-order chi connectivity index (χ0) is 7.35. The van der Waals surface area contributed by atoms with Crippen LogP contribution in [0.25, 0.3) is 11.1 Å². The molecule has 0 saturated heterocycles. The van der Waals surface area contributed by atoms with E-state index in [0.717, 1.165) is 11.1 Å². The lowest BCUT2D eigenvalue weighted by atomic mass is 9.94. The molecule has 0 fully saturated rings. The molecule has 0 amide bonds. The molecule has 0 aromatic rings. The fourth-order valence-electron chi connectivity index (χ4n) is 1.06. The molecule has 2 nitrogen and oxygen atoms in total. The van der Waals surface area contributed by atoms with Gasteiger partial charge >= 0.3 is 0 Å². The second-order valence-corrected chi connectivity index (χ2v) is 4.47. The van der Waals surface area contributed by atoms with Crippen molar-refractivity contribution in [2.75, 3.05) is 6.26 Å². The maximum Gasteiger partial charge on any atom is 0.176 e. The second-order valence-electron chi connectivity index (χ2n) is 2.48. The summed E-state index contributed by atoms with van der Waals surface area (Å²) in [5.41, 5.74) is 1.97. The lowest BCUT2D eigenvalue weighted by molar-refractivity contribution is 0.601. The number of benzene rings is 1. The van der Waals surface area contributed by atoms with Gasteiger partial charge in [0.2, 0.25) is 0 Å². The SMILES string of the molecule is CS(=O)(=O)c1cc2ccc1-2. The molecule has 0 aromatic carbocycles. The van der Waals surface area contributed by atoms with Gasteiger partial charge in [-0.3, -0.25) is 0 Å². The summed E-state index contributed by atoms with van der Waals surface area (Å²) in [4.78, 5) is 0.491. The minimum atomic E-state index is -2.94. The Bertz CT molecular complexity index is 390. The molecule has 0 atom stereocenters. The maximum atomic E-state index is 10.9. The van der Waals surface area contributed by atoms with E-state index in [0.29, 0.717) is 4.90 Å². The van der Waals surface area contributed by atoms with E-state index in [4.69, 9.17) is 0 Å². The summed E-state index contributed by atoms with van der Waals surface area (Å²) >= 11 is 0. The molecule has 0 N–H and O–H groups in total. The zero-order valence-electron chi connectivity index (χ0n) is 5.46. The maximum absolute atomic E-state index is 10.9. The van der Waals surface area contributed by atoms with Crippen molar-refractivity contribution in [2.45, 2.75) is 4.90 Å². The number of rotatable bonds is 1. The first kappa shape index (κ1) is 5.92. The molecule has 2 rings (SSSR count). The summed E-state index contributed by atoms with van der Waals surface area (Å²) in [7, 11) is -2.94. The van der Waals surface area contributed by atoms with Crippen LogP contribution in [0.1, 0.15) is 0 Å². The number of hydrogen-bond donors (Lipinski definition) is 0. The average Bonchev–Trinajstić information content (AvgIpc) is 1.74. The van der Waals surface area contributed by atoms with E-state index in [-0.39, 0.29) is 0 Å². The van der Waals surface area contributed by atoms with Gasteiger partial charge in [0.1, 0.15) is 0 Å². The minimum Gasteiger partial charge on any atom is -0.224 e. The molecule has 0 heterocycles. The molecular formula is C7H6O2S. The standard InChI is InChI=1S/C7H6O2S/c1-10(8,9)7-4-5-2-3-6(5)7/h2-4H,1H3. The summed E-state index contributed by atoms with van der Waals surface area (Å²) in [6, 6.07) is 5.43. The monoisotopic (exact) mass is 154 g/mol. The number of sulfone groups is 1. The third kappa shape index (κ3) is 0.555. The van der Waals surface area contributed by atoms with Crippen molar-refractivity contribution in [3.05, 3.63) is 18.2 Å². The van der Waals surface area contributed by atoms with Crippen molar-refractivity contribution < 1.29 is 8.42 Å². The summed E-state index contributed by atoms with van der Waals surface area (Å²) in [6.45, 7) is 0. The third-order valence-electron chi connectivity index (χ3n) is 1.69. The van der Waals surface area contributed by atoms with Crippen LogP contribution < -0.4 is 0 Å². The summed E-state index contributed by atoms with van der Waals surface area (Å²) in [5.74, 6) is 0. The van der Waals surface area contributed by atoms with Crippen LogP contribution in [0.5, 0.6) is 0 Å². The molecule has 0 radical (unpaired) electrons. The first-order chi connectivity index (χ1) is 4.59. The van der Waals surface area contributed by atoms with Gasteiger partial charge in [0, 0.05) is 11.8 Å². The summed E-state index contributed by atoms with van der Waals surface area (Å²) in [5, 5.41) is 0. The van der Waals surface area contributed by atoms with E-state index in [1.807, 2.05) is 12.1 Å². The Hall–Kier alpha value is -0.830. The topological polar surface area (TPSA) is 34.1 Å². The van der Waals surface area contributed by atoms with Gasteiger partial charge in [-0.15, -0.1) is 0 Å². The van der Waals surface area contributed by atoms with Crippen molar-refractivity contribution in [3.8, 4) is 11.1 Å². The Morgan fingerprint density at radius 2 is 2.00 bits per heavy atom. The van der Waals surface area contributed by atoms with Crippen LogP contribution in [0.4, 0.5) is 0 Å². The quantitative estimate of drug-likeness (QED) is 0.615. The van der Waals surface area contributed by atoms with Gasteiger partial charge in [-0.25, -0.2) is 8.42 Å². The van der Waals surface area contributed by atoms with Gasteiger partial charge in [0.25, 0.3) is 0 Å². The predicted molar refractivity (Wildman–Crippen MR) is 38.5 cm³/mol. The van der Waals surface area contributed by atoms with Gasteiger partial charge in [-0.2, -0.15) is 0 Å². The fraction of sp³-hybridized carbons (Fsp3) is 0.143. The average molecular weight is 154 g/mol. The highest BCUT2D eigenvalue weighted by molar-refractivity contribution is 7.91. The largest absolute Gasteiger partial charge is 0.224 e. The summed E-state index contributed by atoms with van der Waals surface area (Å²) < 4.78 is 21.7. The molecule has 10 heavy (non-hydrogen) atoms. The Kier molecular flexibility index (Phi) is 0.843. The van der Waals surface area contributed by atoms with Gasteiger partial charge in [0.05, 0.1) is 4.90 Å². The molecule has 0 spiro atoms. The van der Waals surface area contributed by atoms with E-state index < -0.39 is 9.84 Å². The van der Waals surface area contributed by atoms with Crippen molar-refractivity contribution in [2.24, 2.45) is 0 Å². The Morgan fingerprint density at radius 1 is 1.30 bits per heavy atom. The van der Waals surface area contributed by atoms with Crippen LogP contribution in [-0.2, 0) is 9.84 Å². The predicted octanol–water partition coefficient (Wildman–Crippen LogP) is 1.07. The molecule has 0 unspecified atom stereocenters. The van der Waals surface area contributed by atoms with Crippen LogP contribution >= 0.6 is 0 Å². The van der Waals surface area contributed by atoms with E-state index in [9.17, 15) is 8.42 Å². The van der Waals surface area contributed by atoms with Crippen molar-refractivity contribution in [1.29, 1.82) is 0 Å². The number of hydrogen-bond acceptors (Lipinski definition) is 2. The second kappa shape index (κ2) is 1.42. The van der Waals surface area contributed by atoms with Gasteiger partial charge in [0.15, 0.2) is 9.84 Å². The van der Waals surface area contributed by atoms with Crippen molar-refractivity contribution >= 4 is 9.84 Å². The van der Waals surface area contributed by atoms with Crippen LogP contribution in [0.3, 0.4) is 0 Å². The molecule has 0 bridgehead atoms. The van der Waals surface area contributed by atoms with E-state index in [1.165, 1.54) is 6.26 Å². The lowest BCUT2D eigenvalue weighted by Crippen LogP contribution is -2.06. The fourth-order valence-corrected chi connectivity index (χ4v) is 1.99. The Balaban J connectivity index is 2.64. The van der Waals surface area contributed by atoms with Crippen LogP contribution in [-0.4, -0.2) is 14.7 Å². The van der Waals surface area contributed by atoms with Gasteiger partial charge in [-0.1, -0.05) is 12.1 Å². The van der Waals surface area contributed by atoms with Crippen molar-refractivity contribution in [1.82, 2.24) is 0 Å². The minimum absolute atomic E-state index is 0.491. The first-order valence-corrected chi connectivity index (χ1v) is 4.83. The third-order valence-corrected chi connectivity index (χ3v) is 2.83. The van der Waals surface area contributed by atoms with Crippen LogP contribution in [0.2, 0.25) is 0 Å². The smallest absolute Gasteiger partial charge is 0.176 e. The Labute approximate surface area is 59.4 Å². The molecule has 0 aliphatic heterocycles. The molecule has 0 aromatic heterocycles. The van der Waals surface area contributed by atoms with Crippen LogP contribution in [0.15, 0.2) is 23.1 Å². The zero-order valence-corrected chi connectivity index (χ0v) is 6.27. The number of fused-ring (bicyclic) bond motifs is 1. The summed E-state index contributed by atoms with van der Waals surface area (Å²) in [6.07, 6.45) is 1.23. The normalized spacial score (nSPS) is 13.3. The van der Waals surface area contributed by atoms with Crippen LogP contribution in [0, 0.1) is 0 Å². The molecule has 2 aliphatic rings. The molecule has 52 valence electrons. The molecule has 3 heteroatoms. The van der Waals surface area contributed by atoms with Crippen molar-refractivity contribution in [3.63, 3.8) is 0 Å². The van der Waals surface area contributed by atoms with E-state index in [2.05, 4.69) is 0 Å². The molecule has 0 saturated carbocycles.